The molecule has 2 amide bonds. The lowest BCUT2D eigenvalue weighted by atomic mass is 10.1. The molecule has 0 atom stereocenters. The predicted octanol–water partition coefficient (Wildman–Crippen LogP) is -0.0317. The summed E-state index contributed by atoms with van der Waals surface area (Å²) < 4.78 is 0.697. The molecule has 1 aliphatic heterocycles. The van der Waals surface area contributed by atoms with Crippen molar-refractivity contribution < 1.29 is 14.4 Å². The van der Waals surface area contributed by atoms with Crippen LogP contribution in [0.2, 0.25) is 0 Å². The zero-order valence-electron chi connectivity index (χ0n) is 8.57. The van der Waals surface area contributed by atoms with Gasteiger partial charge in [-0.3, -0.25) is 24.7 Å². The number of ketones is 1. The van der Waals surface area contributed by atoms with Gasteiger partial charge in [-0.2, -0.15) is 0 Å². The molecule has 3 N–H and O–H groups in total. The van der Waals surface area contributed by atoms with Crippen molar-refractivity contribution in [3.05, 3.63) is 28.2 Å². The van der Waals surface area contributed by atoms with Crippen LogP contribution in [0.25, 0.3) is 0 Å². The lowest BCUT2D eigenvalue weighted by Crippen LogP contribution is -2.42. The summed E-state index contributed by atoms with van der Waals surface area (Å²) in [5.74, 6) is 3.06. The summed E-state index contributed by atoms with van der Waals surface area (Å²) in [6.45, 7) is -0.268. The zero-order chi connectivity index (χ0) is 12.6. The Balaban J connectivity index is 2.41. The van der Waals surface area contributed by atoms with Crippen molar-refractivity contribution in [2.24, 2.45) is 5.84 Å². The summed E-state index contributed by atoms with van der Waals surface area (Å²) in [5.41, 5.74) is 2.63. The monoisotopic (exact) mass is 297 g/mol. The normalized spacial score (nSPS) is 13.9. The summed E-state index contributed by atoms with van der Waals surface area (Å²) in [6, 6.07) is 4.85. The van der Waals surface area contributed by atoms with Crippen LogP contribution in [-0.4, -0.2) is 24.1 Å². The molecule has 1 aromatic rings. The number of carbonyl (C=O) groups excluding carboxylic acids is 3. The first-order chi connectivity index (χ1) is 8.04. The van der Waals surface area contributed by atoms with Gasteiger partial charge < -0.3 is 0 Å². The molecule has 2 rings (SSSR count). The van der Waals surface area contributed by atoms with Gasteiger partial charge in [0.1, 0.15) is 6.54 Å². The lowest BCUT2D eigenvalue weighted by Gasteiger charge is -2.14. The van der Waals surface area contributed by atoms with Crippen LogP contribution in [0.5, 0.6) is 0 Å². The number of fused-ring (bicyclic) bond motifs is 1. The fourth-order valence-corrected chi connectivity index (χ4v) is 1.98. The van der Waals surface area contributed by atoms with Crippen LogP contribution in [0.1, 0.15) is 10.4 Å². The van der Waals surface area contributed by atoms with Gasteiger partial charge in [0.05, 0.1) is 11.3 Å². The maximum absolute atomic E-state index is 11.7. The fraction of sp³-hybridized carbons (Fsp3) is 0.100. The average Bonchev–Trinajstić information content (AvgIpc) is 2.54. The number of carbonyl (C=O) groups is 3. The largest absolute Gasteiger partial charge is 0.299 e. The van der Waals surface area contributed by atoms with E-state index in [0.717, 1.165) is 4.90 Å². The Labute approximate surface area is 105 Å². The highest BCUT2D eigenvalue weighted by molar-refractivity contribution is 9.10. The van der Waals surface area contributed by atoms with Gasteiger partial charge in [-0.25, -0.2) is 5.84 Å². The van der Waals surface area contributed by atoms with Crippen molar-refractivity contribution in [2.75, 3.05) is 11.4 Å². The van der Waals surface area contributed by atoms with E-state index in [2.05, 4.69) is 15.9 Å². The van der Waals surface area contributed by atoms with Crippen molar-refractivity contribution in [3.8, 4) is 0 Å². The number of nitrogens with one attached hydrogen (secondary N) is 1. The number of nitrogens with zero attached hydrogens (tertiary/aromatic N) is 1. The molecular formula is C10H8BrN3O3. The van der Waals surface area contributed by atoms with Gasteiger partial charge in [0.2, 0.25) is 0 Å². The van der Waals surface area contributed by atoms with Crippen LogP contribution in [0.4, 0.5) is 5.69 Å². The summed E-state index contributed by atoms with van der Waals surface area (Å²) >= 11 is 3.22. The van der Waals surface area contributed by atoms with Gasteiger partial charge in [0, 0.05) is 4.47 Å². The van der Waals surface area contributed by atoms with Crippen LogP contribution < -0.4 is 16.2 Å². The number of nitrogens with two attached hydrogens (primary N) is 1. The third-order valence-corrected chi connectivity index (χ3v) is 2.89. The van der Waals surface area contributed by atoms with E-state index in [-0.39, 0.29) is 12.1 Å². The summed E-state index contributed by atoms with van der Waals surface area (Å²) in [6.07, 6.45) is 0. The van der Waals surface area contributed by atoms with Gasteiger partial charge in [0.25, 0.3) is 17.6 Å². The number of benzene rings is 1. The number of hydrogen-bond acceptors (Lipinski definition) is 4. The molecule has 0 saturated heterocycles. The minimum Gasteiger partial charge on any atom is -0.295 e. The highest BCUT2D eigenvalue weighted by Gasteiger charge is 2.36. The molecule has 0 bridgehead atoms. The summed E-state index contributed by atoms with van der Waals surface area (Å²) in [4.78, 5) is 35.6. The van der Waals surface area contributed by atoms with E-state index in [1.165, 1.54) is 0 Å². The number of Topliss-reactive ketones (excluding diaryl/α,β-unsaturated/α-hetero) is 1. The van der Waals surface area contributed by atoms with Gasteiger partial charge in [-0.05, 0) is 18.2 Å². The minimum absolute atomic E-state index is 0.268. The van der Waals surface area contributed by atoms with Crippen LogP contribution in [0.3, 0.4) is 0 Å². The lowest BCUT2D eigenvalue weighted by molar-refractivity contribution is -0.122. The maximum atomic E-state index is 11.7. The molecule has 0 fully saturated rings. The van der Waals surface area contributed by atoms with Crippen molar-refractivity contribution in [3.63, 3.8) is 0 Å². The number of rotatable bonds is 2. The number of amides is 2. The topological polar surface area (TPSA) is 92.5 Å². The highest BCUT2D eigenvalue weighted by atomic mass is 79.9. The van der Waals surface area contributed by atoms with Crippen molar-refractivity contribution >= 4 is 39.2 Å². The first kappa shape index (κ1) is 11.7. The second-order valence-electron chi connectivity index (χ2n) is 3.45. The zero-order valence-corrected chi connectivity index (χ0v) is 10.2. The van der Waals surface area contributed by atoms with Gasteiger partial charge in [0.15, 0.2) is 0 Å². The number of anilines is 1. The molecule has 7 heteroatoms. The molecule has 0 radical (unpaired) electrons. The first-order valence-corrected chi connectivity index (χ1v) is 5.49. The van der Waals surface area contributed by atoms with Crippen molar-refractivity contribution in [1.82, 2.24) is 5.43 Å². The number of halogens is 1. The van der Waals surface area contributed by atoms with Crippen molar-refractivity contribution in [1.29, 1.82) is 0 Å². The molecule has 0 spiro atoms. The minimum atomic E-state index is -0.721. The van der Waals surface area contributed by atoms with E-state index in [1.807, 2.05) is 5.43 Å². The summed E-state index contributed by atoms with van der Waals surface area (Å²) in [5, 5.41) is 0. The Hall–Kier alpha value is -1.73. The molecule has 1 aliphatic rings. The Morgan fingerprint density at radius 2 is 2.12 bits per heavy atom. The third kappa shape index (κ3) is 1.94. The Morgan fingerprint density at radius 1 is 1.41 bits per heavy atom. The van der Waals surface area contributed by atoms with Crippen molar-refractivity contribution in [2.45, 2.75) is 0 Å². The molecule has 6 nitrogen and oxygen atoms in total. The van der Waals surface area contributed by atoms with Crippen LogP contribution in [-0.2, 0) is 9.59 Å². The molecule has 1 aromatic carbocycles. The highest BCUT2D eigenvalue weighted by Crippen LogP contribution is 2.30. The molecule has 88 valence electrons. The molecule has 0 unspecified atom stereocenters. The van der Waals surface area contributed by atoms with E-state index in [4.69, 9.17) is 5.84 Å². The number of hydrazine groups is 1. The van der Waals surface area contributed by atoms with Crippen LogP contribution in [0.15, 0.2) is 22.7 Å². The van der Waals surface area contributed by atoms with E-state index in [1.54, 1.807) is 18.2 Å². The average molecular weight is 298 g/mol. The fourth-order valence-electron chi connectivity index (χ4n) is 1.62. The van der Waals surface area contributed by atoms with E-state index in [9.17, 15) is 14.4 Å². The second kappa shape index (κ2) is 4.27. The van der Waals surface area contributed by atoms with E-state index >= 15 is 0 Å². The summed E-state index contributed by atoms with van der Waals surface area (Å²) in [7, 11) is 0. The van der Waals surface area contributed by atoms with E-state index < -0.39 is 17.6 Å². The smallest absolute Gasteiger partial charge is 0.295 e. The number of hydrogen-bond donors (Lipinski definition) is 2. The quantitative estimate of drug-likeness (QED) is 0.347. The molecule has 0 saturated carbocycles. The van der Waals surface area contributed by atoms with Crippen LogP contribution in [0, 0.1) is 0 Å². The first-order valence-electron chi connectivity index (χ1n) is 4.70. The Morgan fingerprint density at radius 3 is 2.76 bits per heavy atom. The molecule has 1 heterocycles. The van der Waals surface area contributed by atoms with Crippen LogP contribution >= 0.6 is 15.9 Å². The maximum Gasteiger partial charge on any atom is 0.299 e. The molecular weight excluding hydrogens is 290 g/mol. The van der Waals surface area contributed by atoms with E-state index in [0.29, 0.717) is 10.2 Å². The standard InChI is InChI=1S/C10H8BrN3O3/c11-5-1-2-7-6(3-5)9(16)10(17)14(7)4-8(15)13-12/h1-3H,4,12H2,(H,13,15). The molecule has 0 aliphatic carbocycles. The van der Waals surface area contributed by atoms with Gasteiger partial charge >= 0.3 is 0 Å². The second-order valence-corrected chi connectivity index (χ2v) is 4.37. The SMILES string of the molecule is NNC(=O)CN1C(=O)C(=O)c2cc(Br)ccc21. The van der Waals surface area contributed by atoms with Gasteiger partial charge in [-0.1, -0.05) is 15.9 Å². The Bertz CT molecular complexity index is 530. The Kier molecular flexibility index (Phi) is 2.95. The molecule has 17 heavy (non-hydrogen) atoms. The predicted molar refractivity (Wildman–Crippen MR) is 63.2 cm³/mol. The molecule has 0 aromatic heterocycles. The van der Waals surface area contributed by atoms with Gasteiger partial charge in [-0.15, -0.1) is 0 Å². The third-order valence-electron chi connectivity index (χ3n) is 2.40.